The van der Waals surface area contributed by atoms with Crippen molar-refractivity contribution in [2.24, 2.45) is 0 Å². The maximum atomic E-state index is 10.9. The topological polar surface area (TPSA) is 75.6 Å². The van der Waals surface area contributed by atoms with Crippen molar-refractivity contribution < 1.29 is 19.4 Å². The summed E-state index contributed by atoms with van der Waals surface area (Å²) in [5.41, 5.74) is 0. The van der Waals surface area contributed by atoms with E-state index in [0.717, 1.165) is 25.7 Å². The molecule has 1 unspecified atom stereocenters. The first kappa shape index (κ1) is 14.7. The molecule has 0 saturated heterocycles. The fourth-order valence-electron chi connectivity index (χ4n) is 1.41. The molecule has 0 fully saturated rings. The third-order valence-corrected chi connectivity index (χ3v) is 2.37. The van der Waals surface area contributed by atoms with E-state index in [1.807, 2.05) is 0 Å². The highest BCUT2D eigenvalue weighted by atomic mass is 16.5. The van der Waals surface area contributed by atoms with Crippen LogP contribution in [0.3, 0.4) is 0 Å². The van der Waals surface area contributed by atoms with E-state index >= 15 is 0 Å². The largest absolute Gasteiger partial charge is 0.480 e. The number of carboxylic acids is 1. The average molecular weight is 231 g/mol. The summed E-state index contributed by atoms with van der Waals surface area (Å²) < 4.78 is 4.36. The molecule has 5 nitrogen and oxygen atoms in total. The molecule has 1 amide bonds. The Bertz CT molecular complexity index is 218. The number of hydrogen-bond donors (Lipinski definition) is 2. The minimum atomic E-state index is -1.01. The number of carboxylic acid groups (broad SMARTS) is 1. The lowest BCUT2D eigenvalue weighted by atomic mass is 10.1. The predicted octanol–water partition coefficient (Wildman–Crippen LogP) is 2.16. The Kier molecular flexibility index (Phi) is 8.29. The number of nitrogens with one attached hydrogen (secondary N) is 1. The van der Waals surface area contributed by atoms with Gasteiger partial charge in [0.1, 0.15) is 6.04 Å². The molecule has 0 aliphatic heterocycles. The van der Waals surface area contributed by atoms with Gasteiger partial charge < -0.3 is 15.2 Å². The highest BCUT2D eigenvalue weighted by Gasteiger charge is 2.19. The van der Waals surface area contributed by atoms with Gasteiger partial charge in [0, 0.05) is 0 Å². The van der Waals surface area contributed by atoms with E-state index in [4.69, 9.17) is 5.11 Å². The lowest BCUT2D eigenvalue weighted by Crippen LogP contribution is -2.40. The zero-order valence-electron chi connectivity index (χ0n) is 9.99. The summed E-state index contributed by atoms with van der Waals surface area (Å²) in [6.07, 6.45) is 5.00. The van der Waals surface area contributed by atoms with Crippen LogP contribution >= 0.6 is 0 Å². The second-order valence-electron chi connectivity index (χ2n) is 3.73. The van der Waals surface area contributed by atoms with Crippen molar-refractivity contribution in [3.05, 3.63) is 0 Å². The van der Waals surface area contributed by atoms with Gasteiger partial charge in [-0.3, -0.25) is 0 Å². The molecule has 0 aromatic heterocycles. The summed E-state index contributed by atoms with van der Waals surface area (Å²) in [5.74, 6) is -1.01. The Hall–Kier alpha value is -1.26. The summed E-state index contributed by atoms with van der Waals surface area (Å²) >= 11 is 0. The van der Waals surface area contributed by atoms with Gasteiger partial charge in [-0.05, 0) is 6.42 Å². The molecule has 0 rings (SSSR count). The van der Waals surface area contributed by atoms with E-state index in [-0.39, 0.29) is 0 Å². The van der Waals surface area contributed by atoms with E-state index in [9.17, 15) is 9.59 Å². The average Bonchev–Trinajstić information content (AvgIpc) is 2.26. The smallest absolute Gasteiger partial charge is 0.407 e. The quantitative estimate of drug-likeness (QED) is 0.628. The molecule has 2 N–H and O–H groups in total. The van der Waals surface area contributed by atoms with Crippen LogP contribution in [0.15, 0.2) is 0 Å². The second-order valence-corrected chi connectivity index (χ2v) is 3.73. The van der Waals surface area contributed by atoms with Gasteiger partial charge in [0.2, 0.25) is 0 Å². The van der Waals surface area contributed by atoms with Crippen LogP contribution in [0.1, 0.15) is 45.4 Å². The Balaban J connectivity index is 3.77. The van der Waals surface area contributed by atoms with Crippen LogP contribution in [0.25, 0.3) is 0 Å². The molecule has 0 heterocycles. The summed E-state index contributed by atoms with van der Waals surface area (Å²) in [5, 5.41) is 11.1. The molecule has 0 radical (unpaired) electrons. The number of methoxy groups -OCH3 is 1. The highest BCUT2D eigenvalue weighted by Crippen LogP contribution is 2.07. The number of aliphatic carboxylic acids is 1. The summed E-state index contributed by atoms with van der Waals surface area (Å²) in [7, 11) is 1.22. The number of carbonyl (C=O) groups is 2. The zero-order chi connectivity index (χ0) is 12.4. The molecule has 0 bridgehead atoms. The first-order valence-electron chi connectivity index (χ1n) is 5.69. The molecule has 0 aliphatic carbocycles. The molecule has 16 heavy (non-hydrogen) atoms. The van der Waals surface area contributed by atoms with Crippen molar-refractivity contribution >= 4 is 12.1 Å². The van der Waals surface area contributed by atoms with Crippen molar-refractivity contribution in [3.8, 4) is 0 Å². The van der Waals surface area contributed by atoms with Gasteiger partial charge in [-0.25, -0.2) is 9.59 Å². The zero-order valence-corrected chi connectivity index (χ0v) is 9.99. The van der Waals surface area contributed by atoms with Crippen molar-refractivity contribution in [2.75, 3.05) is 7.11 Å². The van der Waals surface area contributed by atoms with Gasteiger partial charge >= 0.3 is 12.1 Å². The highest BCUT2D eigenvalue weighted by molar-refractivity contribution is 5.79. The first-order valence-corrected chi connectivity index (χ1v) is 5.69. The van der Waals surface area contributed by atoms with Crippen molar-refractivity contribution in [1.29, 1.82) is 0 Å². The SMILES string of the molecule is CCCCCCCC(NC(=O)OC)C(=O)O. The molecule has 0 aromatic rings. The molecule has 0 aliphatic rings. The number of carbonyl (C=O) groups excluding carboxylic acids is 1. The van der Waals surface area contributed by atoms with Crippen molar-refractivity contribution in [2.45, 2.75) is 51.5 Å². The van der Waals surface area contributed by atoms with E-state index in [1.165, 1.54) is 13.5 Å². The van der Waals surface area contributed by atoms with Crippen LogP contribution < -0.4 is 5.32 Å². The number of ether oxygens (including phenoxy) is 1. The number of unbranched alkanes of at least 4 members (excludes halogenated alkanes) is 4. The Morgan fingerprint density at radius 3 is 2.38 bits per heavy atom. The van der Waals surface area contributed by atoms with Crippen LogP contribution in [0.4, 0.5) is 4.79 Å². The Labute approximate surface area is 96.2 Å². The Morgan fingerprint density at radius 2 is 1.88 bits per heavy atom. The van der Waals surface area contributed by atoms with Crippen molar-refractivity contribution in [1.82, 2.24) is 5.32 Å². The molecule has 0 spiro atoms. The van der Waals surface area contributed by atoms with Crippen molar-refractivity contribution in [3.63, 3.8) is 0 Å². The van der Waals surface area contributed by atoms with Gasteiger partial charge in [-0.15, -0.1) is 0 Å². The normalized spacial score (nSPS) is 11.9. The van der Waals surface area contributed by atoms with Crippen LogP contribution in [-0.4, -0.2) is 30.3 Å². The number of hydrogen-bond acceptors (Lipinski definition) is 3. The molecule has 5 heteroatoms. The lowest BCUT2D eigenvalue weighted by Gasteiger charge is -2.13. The van der Waals surface area contributed by atoms with E-state index < -0.39 is 18.1 Å². The van der Waals surface area contributed by atoms with Crippen LogP contribution in [0, 0.1) is 0 Å². The molecular formula is C11H21NO4. The van der Waals surface area contributed by atoms with Gasteiger partial charge in [-0.2, -0.15) is 0 Å². The number of rotatable bonds is 8. The molecule has 0 aromatic carbocycles. The standard InChI is InChI=1S/C11H21NO4/c1-3-4-5-6-7-8-9(10(13)14)12-11(15)16-2/h9H,3-8H2,1-2H3,(H,12,15)(H,13,14). The summed E-state index contributed by atoms with van der Waals surface area (Å²) in [6.45, 7) is 2.12. The Morgan fingerprint density at radius 1 is 1.25 bits per heavy atom. The number of amides is 1. The minimum absolute atomic E-state index is 0.453. The molecule has 94 valence electrons. The van der Waals surface area contributed by atoms with Crippen LogP contribution in [0.5, 0.6) is 0 Å². The fourth-order valence-corrected chi connectivity index (χ4v) is 1.41. The van der Waals surface area contributed by atoms with Gasteiger partial charge in [0.05, 0.1) is 7.11 Å². The third-order valence-electron chi connectivity index (χ3n) is 2.37. The molecule has 1 atom stereocenters. The van der Waals surface area contributed by atoms with Gasteiger partial charge in [0.15, 0.2) is 0 Å². The first-order chi connectivity index (χ1) is 7.61. The minimum Gasteiger partial charge on any atom is -0.480 e. The molecule has 0 saturated carbocycles. The maximum Gasteiger partial charge on any atom is 0.407 e. The number of alkyl carbamates (subject to hydrolysis) is 1. The van der Waals surface area contributed by atoms with Gasteiger partial charge in [-0.1, -0.05) is 39.0 Å². The monoisotopic (exact) mass is 231 g/mol. The van der Waals surface area contributed by atoms with Crippen LogP contribution in [0.2, 0.25) is 0 Å². The summed E-state index contributed by atoms with van der Waals surface area (Å²) in [6, 6.07) is -0.839. The summed E-state index contributed by atoms with van der Waals surface area (Å²) in [4.78, 5) is 21.7. The van der Waals surface area contributed by atoms with E-state index in [1.54, 1.807) is 0 Å². The fraction of sp³-hybridized carbons (Fsp3) is 0.818. The van der Waals surface area contributed by atoms with Crippen LogP contribution in [-0.2, 0) is 9.53 Å². The van der Waals surface area contributed by atoms with Gasteiger partial charge in [0.25, 0.3) is 0 Å². The van der Waals surface area contributed by atoms with E-state index in [0.29, 0.717) is 6.42 Å². The second kappa shape index (κ2) is 9.00. The predicted molar refractivity (Wildman–Crippen MR) is 60.3 cm³/mol. The molecular weight excluding hydrogens is 210 g/mol. The van der Waals surface area contributed by atoms with E-state index in [2.05, 4.69) is 17.0 Å². The maximum absolute atomic E-state index is 10.9. The third kappa shape index (κ3) is 7.09. The lowest BCUT2D eigenvalue weighted by molar-refractivity contribution is -0.139.